The summed E-state index contributed by atoms with van der Waals surface area (Å²) in [5.74, 6) is 6.21. The average molecular weight is 194 g/mol. The standard InChI is InChI=1S/C14H26/c1-9(2)13-8-14(13)12-6-5-10(3)7-11(12)4/h9-14H,5-8H2,1-4H3. The van der Waals surface area contributed by atoms with E-state index in [1.165, 1.54) is 19.3 Å². The maximum atomic E-state index is 2.50. The molecule has 2 aliphatic rings. The molecular weight excluding hydrogens is 168 g/mol. The highest BCUT2D eigenvalue weighted by molar-refractivity contribution is 4.95. The highest BCUT2D eigenvalue weighted by atomic mass is 14.5. The lowest BCUT2D eigenvalue weighted by Gasteiger charge is -2.33. The van der Waals surface area contributed by atoms with Crippen molar-refractivity contribution in [2.45, 2.75) is 53.4 Å². The Kier molecular flexibility index (Phi) is 2.91. The molecule has 0 heteroatoms. The zero-order valence-electron chi connectivity index (χ0n) is 10.3. The Hall–Kier alpha value is 0. The molecule has 5 unspecified atom stereocenters. The third-order valence-electron chi connectivity index (χ3n) is 4.80. The molecule has 0 aromatic carbocycles. The molecule has 0 radical (unpaired) electrons. The van der Waals surface area contributed by atoms with E-state index in [4.69, 9.17) is 0 Å². The summed E-state index contributed by atoms with van der Waals surface area (Å²) >= 11 is 0. The minimum atomic E-state index is 0.937. The van der Waals surface area contributed by atoms with Crippen LogP contribution in [0.3, 0.4) is 0 Å². The van der Waals surface area contributed by atoms with Crippen LogP contribution in [0.2, 0.25) is 0 Å². The molecule has 0 aromatic rings. The molecule has 0 N–H and O–H groups in total. The Morgan fingerprint density at radius 1 is 0.929 bits per heavy atom. The van der Waals surface area contributed by atoms with E-state index in [1.807, 2.05) is 0 Å². The Balaban J connectivity index is 1.87. The lowest BCUT2D eigenvalue weighted by Crippen LogP contribution is -2.24. The van der Waals surface area contributed by atoms with Crippen molar-refractivity contribution in [3.63, 3.8) is 0 Å². The molecule has 82 valence electrons. The second kappa shape index (κ2) is 3.87. The summed E-state index contributed by atoms with van der Waals surface area (Å²) in [6.45, 7) is 9.73. The van der Waals surface area contributed by atoms with Gasteiger partial charge in [0.1, 0.15) is 0 Å². The van der Waals surface area contributed by atoms with Gasteiger partial charge in [0.2, 0.25) is 0 Å². The second-order valence-corrected chi connectivity index (χ2v) is 6.37. The third-order valence-corrected chi connectivity index (χ3v) is 4.80. The van der Waals surface area contributed by atoms with Crippen molar-refractivity contribution in [1.82, 2.24) is 0 Å². The summed E-state index contributed by atoms with van der Waals surface area (Å²) in [4.78, 5) is 0. The number of hydrogen-bond acceptors (Lipinski definition) is 0. The van der Waals surface area contributed by atoms with Crippen LogP contribution in [0.1, 0.15) is 53.4 Å². The highest BCUT2D eigenvalue weighted by Crippen LogP contribution is 2.54. The number of hydrogen-bond donors (Lipinski definition) is 0. The van der Waals surface area contributed by atoms with Gasteiger partial charge in [0, 0.05) is 0 Å². The summed E-state index contributed by atoms with van der Waals surface area (Å²) in [7, 11) is 0. The van der Waals surface area contributed by atoms with Crippen molar-refractivity contribution >= 4 is 0 Å². The maximum Gasteiger partial charge on any atom is -0.0349 e. The van der Waals surface area contributed by atoms with Crippen molar-refractivity contribution in [1.29, 1.82) is 0 Å². The van der Waals surface area contributed by atoms with E-state index in [9.17, 15) is 0 Å². The van der Waals surface area contributed by atoms with E-state index >= 15 is 0 Å². The summed E-state index contributed by atoms with van der Waals surface area (Å²) < 4.78 is 0. The topological polar surface area (TPSA) is 0 Å². The summed E-state index contributed by atoms with van der Waals surface area (Å²) in [5, 5.41) is 0. The fraction of sp³-hybridized carbons (Fsp3) is 1.00. The minimum absolute atomic E-state index is 0.937. The van der Waals surface area contributed by atoms with Crippen LogP contribution in [0.25, 0.3) is 0 Å². The van der Waals surface area contributed by atoms with Gasteiger partial charge in [-0.15, -0.1) is 0 Å². The first kappa shape index (κ1) is 10.5. The first-order valence-corrected chi connectivity index (χ1v) is 6.59. The minimum Gasteiger partial charge on any atom is -0.0625 e. The van der Waals surface area contributed by atoms with Crippen LogP contribution < -0.4 is 0 Å². The van der Waals surface area contributed by atoms with Crippen LogP contribution in [0.4, 0.5) is 0 Å². The molecule has 2 fully saturated rings. The zero-order valence-corrected chi connectivity index (χ0v) is 10.3. The average Bonchev–Trinajstić information content (AvgIpc) is 2.83. The molecule has 0 heterocycles. The Morgan fingerprint density at radius 2 is 1.64 bits per heavy atom. The molecule has 2 saturated carbocycles. The lowest BCUT2D eigenvalue weighted by atomic mass is 9.72. The Morgan fingerprint density at radius 3 is 2.14 bits per heavy atom. The molecule has 0 spiro atoms. The Bertz CT molecular complexity index is 194. The summed E-state index contributed by atoms with van der Waals surface area (Å²) in [5.41, 5.74) is 0. The SMILES string of the molecule is CC1CCC(C2CC2C(C)C)C(C)C1. The van der Waals surface area contributed by atoms with Crippen LogP contribution in [-0.4, -0.2) is 0 Å². The van der Waals surface area contributed by atoms with Crippen molar-refractivity contribution in [2.75, 3.05) is 0 Å². The van der Waals surface area contributed by atoms with Crippen LogP contribution in [0.5, 0.6) is 0 Å². The molecule has 0 aromatic heterocycles. The van der Waals surface area contributed by atoms with Gasteiger partial charge in [0.05, 0.1) is 0 Å². The van der Waals surface area contributed by atoms with Crippen LogP contribution in [0, 0.1) is 35.5 Å². The molecule has 2 rings (SSSR count). The Labute approximate surface area is 89.5 Å². The van der Waals surface area contributed by atoms with Gasteiger partial charge in [0.25, 0.3) is 0 Å². The van der Waals surface area contributed by atoms with Crippen LogP contribution in [-0.2, 0) is 0 Å². The van der Waals surface area contributed by atoms with Gasteiger partial charge in [-0.05, 0) is 54.8 Å². The molecule has 0 nitrogen and oxygen atoms in total. The van der Waals surface area contributed by atoms with E-state index in [0.29, 0.717) is 0 Å². The smallest absolute Gasteiger partial charge is 0.0349 e. The first-order chi connectivity index (χ1) is 6.59. The quantitative estimate of drug-likeness (QED) is 0.613. The molecule has 0 aliphatic heterocycles. The first-order valence-electron chi connectivity index (χ1n) is 6.59. The summed E-state index contributed by atoms with van der Waals surface area (Å²) in [6.07, 6.45) is 6.06. The van der Waals surface area contributed by atoms with Gasteiger partial charge in [-0.25, -0.2) is 0 Å². The highest BCUT2D eigenvalue weighted by Gasteiger charge is 2.46. The summed E-state index contributed by atoms with van der Waals surface area (Å²) in [6, 6.07) is 0. The van der Waals surface area contributed by atoms with Gasteiger partial charge < -0.3 is 0 Å². The fourth-order valence-electron chi connectivity index (χ4n) is 3.82. The van der Waals surface area contributed by atoms with Gasteiger partial charge >= 0.3 is 0 Å². The van der Waals surface area contributed by atoms with Crippen molar-refractivity contribution in [3.05, 3.63) is 0 Å². The normalized spacial score (nSPS) is 48.2. The van der Waals surface area contributed by atoms with Gasteiger partial charge in [0.15, 0.2) is 0 Å². The molecule has 0 bridgehead atoms. The second-order valence-electron chi connectivity index (χ2n) is 6.37. The maximum absolute atomic E-state index is 2.50. The molecule has 5 atom stereocenters. The van der Waals surface area contributed by atoms with Crippen LogP contribution in [0.15, 0.2) is 0 Å². The predicted octanol–water partition coefficient (Wildman–Crippen LogP) is 4.35. The zero-order chi connectivity index (χ0) is 10.3. The van der Waals surface area contributed by atoms with E-state index in [1.54, 1.807) is 6.42 Å². The van der Waals surface area contributed by atoms with Crippen molar-refractivity contribution in [2.24, 2.45) is 35.5 Å². The predicted molar refractivity (Wildman–Crippen MR) is 62.1 cm³/mol. The number of rotatable bonds is 2. The van der Waals surface area contributed by atoms with E-state index in [2.05, 4.69) is 27.7 Å². The van der Waals surface area contributed by atoms with Crippen molar-refractivity contribution in [3.8, 4) is 0 Å². The van der Waals surface area contributed by atoms with E-state index in [-0.39, 0.29) is 0 Å². The molecule has 2 aliphatic carbocycles. The monoisotopic (exact) mass is 194 g/mol. The van der Waals surface area contributed by atoms with Gasteiger partial charge in [-0.1, -0.05) is 34.1 Å². The molecule has 0 saturated heterocycles. The lowest BCUT2D eigenvalue weighted by molar-refractivity contribution is 0.172. The van der Waals surface area contributed by atoms with Crippen LogP contribution >= 0.6 is 0 Å². The van der Waals surface area contributed by atoms with E-state index in [0.717, 1.165) is 35.5 Å². The van der Waals surface area contributed by atoms with E-state index < -0.39 is 0 Å². The largest absolute Gasteiger partial charge is 0.0625 e. The molecule has 0 amide bonds. The van der Waals surface area contributed by atoms with Gasteiger partial charge in [-0.2, -0.15) is 0 Å². The van der Waals surface area contributed by atoms with Crippen molar-refractivity contribution < 1.29 is 0 Å². The third kappa shape index (κ3) is 1.99. The molecular formula is C14H26. The molecule has 14 heavy (non-hydrogen) atoms. The van der Waals surface area contributed by atoms with Gasteiger partial charge in [-0.3, -0.25) is 0 Å². The fourth-order valence-corrected chi connectivity index (χ4v) is 3.82.